The smallest absolute Gasteiger partial charge is 0.462 e. The molecule has 0 heterocycles. The number of esters is 2. The van der Waals surface area contributed by atoms with Gasteiger partial charge >= 0.3 is 19.8 Å². The van der Waals surface area contributed by atoms with Crippen LogP contribution in [0.4, 0.5) is 0 Å². The highest BCUT2D eigenvalue weighted by molar-refractivity contribution is 7.46. The maximum atomic E-state index is 12.2. The van der Waals surface area contributed by atoms with Gasteiger partial charge in [-0.2, -0.15) is 0 Å². The van der Waals surface area contributed by atoms with Crippen molar-refractivity contribution in [1.29, 1.82) is 0 Å². The normalized spacial score (nSPS) is 12.7. The first kappa shape index (κ1) is 33.8. The molecule has 0 rings (SSSR count). The van der Waals surface area contributed by atoms with Gasteiger partial charge in [0.25, 0.3) is 0 Å². The standard InChI is InChI=1S/C26H49O8P/c1-3-5-7-9-10-11-12-13-14-15-17-19-21-26(28)34-24(23-33-35(29,30)31)22-32-25(27)20-18-16-8-6-4-2/h10-11,24H,3-9,12-23H2,1-2H3,(H2,29,30,31)/b11-10-. The molecule has 0 aliphatic carbocycles. The molecule has 1 unspecified atom stereocenters. The van der Waals surface area contributed by atoms with Crippen molar-refractivity contribution in [2.75, 3.05) is 13.2 Å². The topological polar surface area (TPSA) is 119 Å². The quantitative estimate of drug-likeness (QED) is 0.0619. The summed E-state index contributed by atoms with van der Waals surface area (Å²) in [5.74, 6) is -0.913. The maximum absolute atomic E-state index is 12.2. The van der Waals surface area contributed by atoms with E-state index >= 15 is 0 Å². The van der Waals surface area contributed by atoms with Crippen molar-refractivity contribution in [1.82, 2.24) is 0 Å². The molecular formula is C26H49O8P. The summed E-state index contributed by atoms with van der Waals surface area (Å²) in [5, 5.41) is 0. The van der Waals surface area contributed by atoms with E-state index < -0.39 is 32.5 Å². The van der Waals surface area contributed by atoms with Crippen LogP contribution in [0.5, 0.6) is 0 Å². The van der Waals surface area contributed by atoms with Gasteiger partial charge in [0.15, 0.2) is 6.10 Å². The molecule has 8 nitrogen and oxygen atoms in total. The van der Waals surface area contributed by atoms with Crippen molar-refractivity contribution in [3.8, 4) is 0 Å². The van der Waals surface area contributed by atoms with E-state index in [-0.39, 0.29) is 19.4 Å². The van der Waals surface area contributed by atoms with Gasteiger partial charge in [-0.25, -0.2) is 4.57 Å². The van der Waals surface area contributed by atoms with Gasteiger partial charge in [-0.05, 0) is 38.5 Å². The largest absolute Gasteiger partial charge is 0.469 e. The summed E-state index contributed by atoms with van der Waals surface area (Å²) in [6.07, 6.45) is 19.8. The summed E-state index contributed by atoms with van der Waals surface area (Å²) in [6, 6.07) is 0. The Morgan fingerprint density at radius 3 is 1.80 bits per heavy atom. The third kappa shape index (κ3) is 25.7. The molecule has 0 aliphatic heterocycles. The lowest BCUT2D eigenvalue weighted by molar-refractivity contribution is -0.161. The Balaban J connectivity index is 4.09. The average Bonchev–Trinajstić information content (AvgIpc) is 2.80. The van der Waals surface area contributed by atoms with Crippen LogP contribution in [0.15, 0.2) is 12.2 Å². The first-order valence-electron chi connectivity index (χ1n) is 13.5. The molecule has 206 valence electrons. The minimum Gasteiger partial charge on any atom is -0.462 e. The number of rotatable bonds is 24. The van der Waals surface area contributed by atoms with Crippen LogP contribution in [0.3, 0.4) is 0 Å². The molecule has 1 atom stereocenters. The highest BCUT2D eigenvalue weighted by atomic mass is 31.2. The maximum Gasteiger partial charge on any atom is 0.469 e. The van der Waals surface area contributed by atoms with Gasteiger partial charge in [0.1, 0.15) is 6.61 Å². The molecular weight excluding hydrogens is 471 g/mol. The summed E-state index contributed by atoms with van der Waals surface area (Å²) in [5.41, 5.74) is 0. The Morgan fingerprint density at radius 2 is 1.20 bits per heavy atom. The minimum absolute atomic E-state index is 0.203. The van der Waals surface area contributed by atoms with E-state index in [0.29, 0.717) is 6.42 Å². The monoisotopic (exact) mass is 520 g/mol. The highest BCUT2D eigenvalue weighted by Gasteiger charge is 2.22. The van der Waals surface area contributed by atoms with Gasteiger partial charge in [0.2, 0.25) is 0 Å². The lowest BCUT2D eigenvalue weighted by Gasteiger charge is -2.18. The number of carbonyl (C=O) groups is 2. The van der Waals surface area contributed by atoms with E-state index in [1.807, 2.05) is 0 Å². The second-order valence-corrected chi connectivity index (χ2v) is 10.3. The third-order valence-electron chi connectivity index (χ3n) is 5.53. The number of unbranched alkanes of at least 4 members (excludes halogenated alkanes) is 12. The molecule has 2 N–H and O–H groups in total. The molecule has 0 bridgehead atoms. The Bertz CT molecular complexity index is 602. The van der Waals surface area contributed by atoms with Gasteiger partial charge in [-0.15, -0.1) is 0 Å². The van der Waals surface area contributed by atoms with Crippen molar-refractivity contribution in [3.05, 3.63) is 12.2 Å². The molecule has 0 spiro atoms. The van der Waals surface area contributed by atoms with Gasteiger partial charge in [0, 0.05) is 12.8 Å². The first-order valence-corrected chi connectivity index (χ1v) is 15.0. The molecule has 9 heteroatoms. The number of phosphoric acid groups is 1. The molecule has 0 aliphatic rings. The summed E-state index contributed by atoms with van der Waals surface area (Å²) >= 11 is 0. The van der Waals surface area contributed by atoms with Crippen LogP contribution in [-0.2, 0) is 28.2 Å². The summed E-state index contributed by atoms with van der Waals surface area (Å²) in [4.78, 5) is 41.9. The summed E-state index contributed by atoms with van der Waals surface area (Å²) in [7, 11) is -4.73. The molecule has 0 aromatic heterocycles. The number of ether oxygens (including phenoxy) is 2. The van der Waals surface area contributed by atoms with Crippen molar-refractivity contribution in [2.24, 2.45) is 0 Å². The van der Waals surface area contributed by atoms with Crippen molar-refractivity contribution < 1.29 is 37.9 Å². The number of allylic oxidation sites excluding steroid dienone is 2. The number of carbonyl (C=O) groups excluding carboxylic acids is 2. The molecule has 0 saturated carbocycles. The third-order valence-corrected chi connectivity index (χ3v) is 6.02. The predicted octanol–water partition coefficient (Wildman–Crippen LogP) is 6.78. The lowest BCUT2D eigenvalue weighted by Crippen LogP contribution is -2.29. The van der Waals surface area contributed by atoms with Gasteiger partial charge < -0.3 is 19.3 Å². The van der Waals surface area contributed by atoms with Crippen LogP contribution >= 0.6 is 7.82 Å². The van der Waals surface area contributed by atoms with Crippen LogP contribution in [0, 0.1) is 0 Å². The van der Waals surface area contributed by atoms with Crippen LogP contribution in [-0.4, -0.2) is 41.0 Å². The van der Waals surface area contributed by atoms with E-state index in [0.717, 1.165) is 70.6 Å². The predicted molar refractivity (Wildman–Crippen MR) is 138 cm³/mol. The highest BCUT2D eigenvalue weighted by Crippen LogP contribution is 2.35. The zero-order valence-electron chi connectivity index (χ0n) is 22.0. The second kappa shape index (κ2) is 23.2. The zero-order valence-corrected chi connectivity index (χ0v) is 22.9. The van der Waals surface area contributed by atoms with Crippen molar-refractivity contribution in [3.63, 3.8) is 0 Å². The zero-order chi connectivity index (χ0) is 26.2. The average molecular weight is 521 g/mol. The summed E-state index contributed by atoms with van der Waals surface area (Å²) in [6.45, 7) is 3.50. The van der Waals surface area contributed by atoms with Crippen LogP contribution in [0.1, 0.15) is 123 Å². The Kier molecular flexibility index (Phi) is 22.4. The van der Waals surface area contributed by atoms with E-state index in [1.165, 1.54) is 19.3 Å². The SMILES string of the molecule is CCCCC/C=C\CCCCCCCC(=O)OC(COC(=O)CCCCCCC)COP(=O)(O)O. The van der Waals surface area contributed by atoms with E-state index in [4.69, 9.17) is 19.3 Å². The molecule has 0 aromatic rings. The minimum atomic E-state index is -4.73. The Morgan fingerprint density at radius 1 is 0.714 bits per heavy atom. The molecule has 0 saturated heterocycles. The van der Waals surface area contributed by atoms with E-state index in [2.05, 4.69) is 30.5 Å². The van der Waals surface area contributed by atoms with Crippen LogP contribution in [0.25, 0.3) is 0 Å². The number of hydrogen-bond donors (Lipinski definition) is 2. The van der Waals surface area contributed by atoms with Crippen LogP contribution < -0.4 is 0 Å². The Hall–Kier alpha value is -1.21. The number of phosphoric ester groups is 1. The molecule has 0 fully saturated rings. The second-order valence-electron chi connectivity index (χ2n) is 9.02. The first-order chi connectivity index (χ1) is 16.8. The Labute approximate surface area is 212 Å². The molecule has 35 heavy (non-hydrogen) atoms. The van der Waals surface area contributed by atoms with E-state index in [9.17, 15) is 14.2 Å². The molecule has 0 radical (unpaired) electrons. The van der Waals surface area contributed by atoms with Crippen LogP contribution in [0.2, 0.25) is 0 Å². The number of hydrogen-bond acceptors (Lipinski definition) is 6. The van der Waals surface area contributed by atoms with Gasteiger partial charge in [-0.1, -0.05) is 83.8 Å². The van der Waals surface area contributed by atoms with Crippen molar-refractivity contribution in [2.45, 2.75) is 129 Å². The van der Waals surface area contributed by atoms with Gasteiger partial charge in [0.05, 0.1) is 6.61 Å². The molecule has 0 aromatic carbocycles. The van der Waals surface area contributed by atoms with Gasteiger partial charge in [-0.3, -0.25) is 14.1 Å². The molecule has 0 amide bonds. The lowest BCUT2D eigenvalue weighted by atomic mass is 10.1. The fourth-order valence-electron chi connectivity index (χ4n) is 3.48. The van der Waals surface area contributed by atoms with Crippen molar-refractivity contribution >= 4 is 19.8 Å². The summed E-state index contributed by atoms with van der Waals surface area (Å²) < 4.78 is 25.9. The fourth-order valence-corrected chi connectivity index (χ4v) is 3.84. The fraction of sp³-hybridized carbons (Fsp3) is 0.846. The van der Waals surface area contributed by atoms with E-state index in [1.54, 1.807) is 0 Å².